The molecule has 2 atom stereocenters. The SMILES string of the molecule is c1cc(C2=N[C@@H](CC3CCCCC3)CO2)cc(C2=N[C@H](CC3CCCCC3)CO2)c1. The van der Waals surface area contributed by atoms with Crippen LogP contribution >= 0.6 is 0 Å². The Morgan fingerprint density at radius 1 is 0.667 bits per heavy atom. The normalized spacial score (nSPS) is 28.0. The highest BCUT2D eigenvalue weighted by Gasteiger charge is 2.27. The van der Waals surface area contributed by atoms with Crippen LogP contribution in [0.4, 0.5) is 0 Å². The van der Waals surface area contributed by atoms with Gasteiger partial charge in [-0.05, 0) is 42.9 Å². The molecule has 0 aromatic heterocycles. The second-order valence-corrected chi connectivity index (χ2v) is 9.86. The van der Waals surface area contributed by atoms with E-state index in [1.807, 2.05) is 0 Å². The predicted octanol–water partition coefficient (Wildman–Crippen LogP) is 5.92. The fourth-order valence-corrected chi connectivity index (χ4v) is 5.79. The van der Waals surface area contributed by atoms with Crippen LogP contribution in [0, 0.1) is 11.8 Å². The van der Waals surface area contributed by atoms with Crippen molar-refractivity contribution in [1.82, 2.24) is 0 Å². The summed E-state index contributed by atoms with van der Waals surface area (Å²) in [6.07, 6.45) is 16.2. The first kappa shape index (κ1) is 20.1. The standard InChI is InChI=1S/C26H36N2O2/c1-3-8-19(9-4-1)14-23-17-29-25(27-23)21-12-7-13-22(16-21)26-28-24(18-30-26)15-20-10-5-2-6-11-20/h7,12-13,16,19-20,23-24H,1-6,8-11,14-15,17-18H2/t23-,24+. The van der Waals surface area contributed by atoms with Gasteiger partial charge >= 0.3 is 0 Å². The van der Waals surface area contributed by atoms with E-state index in [9.17, 15) is 0 Å². The number of rotatable bonds is 6. The molecule has 0 saturated heterocycles. The minimum absolute atomic E-state index is 0.326. The molecule has 2 heterocycles. The Bertz CT molecular complexity index is 714. The molecule has 0 bridgehead atoms. The van der Waals surface area contributed by atoms with Crippen LogP contribution in [-0.4, -0.2) is 37.1 Å². The Morgan fingerprint density at radius 2 is 1.13 bits per heavy atom. The minimum atomic E-state index is 0.326. The maximum absolute atomic E-state index is 6.00. The zero-order valence-electron chi connectivity index (χ0n) is 18.2. The molecule has 1 aromatic carbocycles. The third kappa shape index (κ3) is 4.90. The van der Waals surface area contributed by atoms with Crippen molar-refractivity contribution in [3.05, 3.63) is 35.4 Å². The Kier molecular flexibility index (Phi) is 6.38. The van der Waals surface area contributed by atoms with E-state index in [-0.39, 0.29) is 0 Å². The van der Waals surface area contributed by atoms with Crippen LogP contribution in [-0.2, 0) is 9.47 Å². The van der Waals surface area contributed by atoms with Gasteiger partial charge in [-0.15, -0.1) is 0 Å². The van der Waals surface area contributed by atoms with Crippen LogP contribution in [0.5, 0.6) is 0 Å². The molecule has 0 unspecified atom stereocenters. The quantitative estimate of drug-likeness (QED) is 0.586. The van der Waals surface area contributed by atoms with Crippen molar-refractivity contribution in [3.8, 4) is 0 Å². The van der Waals surface area contributed by atoms with Crippen LogP contribution in [0.25, 0.3) is 0 Å². The van der Waals surface area contributed by atoms with Gasteiger partial charge in [0.05, 0.1) is 12.1 Å². The molecule has 30 heavy (non-hydrogen) atoms. The van der Waals surface area contributed by atoms with Gasteiger partial charge in [0, 0.05) is 11.1 Å². The number of hydrogen-bond acceptors (Lipinski definition) is 4. The molecule has 2 aliphatic heterocycles. The Labute approximate surface area is 181 Å². The summed E-state index contributed by atoms with van der Waals surface area (Å²) in [5.41, 5.74) is 2.11. The number of aliphatic imine (C=N–C) groups is 2. The molecule has 4 heteroatoms. The lowest BCUT2D eigenvalue weighted by atomic mass is 9.85. The molecule has 0 spiro atoms. The number of benzene rings is 1. The first-order chi connectivity index (χ1) is 14.8. The van der Waals surface area contributed by atoms with Gasteiger partial charge in [0.25, 0.3) is 0 Å². The van der Waals surface area contributed by atoms with Crippen molar-refractivity contribution >= 4 is 11.8 Å². The highest BCUT2D eigenvalue weighted by molar-refractivity contribution is 6.00. The van der Waals surface area contributed by atoms with Crippen molar-refractivity contribution in [2.24, 2.45) is 21.8 Å². The number of hydrogen-bond donors (Lipinski definition) is 0. The van der Waals surface area contributed by atoms with Crippen LogP contribution in [0.1, 0.15) is 88.2 Å². The molecule has 162 valence electrons. The van der Waals surface area contributed by atoms with Crippen molar-refractivity contribution in [3.63, 3.8) is 0 Å². The number of ether oxygens (including phenoxy) is 2. The van der Waals surface area contributed by atoms with E-state index in [1.165, 1.54) is 77.0 Å². The zero-order chi connectivity index (χ0) is 20.2. The van der Waals surface area contributed by atoms with Gasteiger partial charge in [0.2, 0.25) is 11.8 Å². The maximum atomic E-state index is 6.00. The Morgan fingerprint density at radius 3 is 1.60 bits per heavy atom. The van der Waals surface area contributed by atoms with Crippen LogP contribution in [0.15, 0.2) is 34.3 Å². The van der Waals surface area contributed by atoms with E-state index in [2.05, 4.69) is 24.3 Å². The highest BCUT2D eigenvalue weighted by Crippen LogP contribution is 2.31. The summed E-state index contributed by atoms with van der Waals surface area (Å²) >= 11 is 0. The average Bonchev–Trinajstić information content (AvgIpc) is 3.45. The van der Waals surface area contributed by atoms with E-state index >= 15 is 0 Å². The molecule has 1 aromatic rings. The second-order valence-electron chi connectivity index (χ2n) is 9.86. The van der Waals surface area contributed by atoms with Gasteiger partial charge in [-0.1, -0.05) is 70.3 Å². The fraction of sp³-hybridized carbons (Fsp3) is 0.692. The monoisotopic (exact) mass is 408 g/mol. The molecule has 0 radical (unpaired) electrons. The lowest BCUT2D eigenvalue weighted by molar-refractivity contribution is 0.267. The molecule has 0 N–H and O–H groups in total. The third-order valence-corrected chi connectivity index (χ3v) is 7.44. The summed E-state index contributed by atoms with van der Waals surface area (Å²) in [5, 5.41) is 0. The third-order valence-electron chi connectivity index (χ3n) is 7.44. The van der Waals surface area contributed by atoms with Crippen molar-refractivity contribution < 1.29 is 9.47 Å². The largest absolute Gasteiger partial charge is 0.475 e. The molecule has 2 saturated carbocycles. The lowest BCUT2D eigenvalue weighted by Gasteiger charge is -2.22. The van der Waals surface area contributed by atoms with Crippen molar-refractivity contribution in [2.75, 3.05) is 13.2 Å². The summed E-state index contributed by atoms with van der Waals surface area (Å²) in [5.74, 6) is 3.28. The van der Waals surface area contributed by atoms with Gasteiger partial charge in [0.15, 0.2) is 0 Å². The predicted molar refractivity (Wildman–Crippen MR) is 121 cm³/mol. The van der Waals surface area contributed by atoms with Gasteiger partial charge in [-0.2, -0.15) is 0 Å². The van der Waals surface area contributed by atoms with E-state index in [0.29, 0.717) is 12.1 Å². The van der Waals surface area contributed by atoms with Crippen LogP contribution in [0.3, 0.4) is 0 Å². The first-order valence-corrected chi connectivity index (χ1v) is 12.4. The van der Waals surface area contributed by atoms with Gasteiger partial charge in [-0.25, -0.2) is 9.98 Å². The smallest absolute Gasteiger partial charge is 0.216 e. The topological polar surface area (TPSA) is 43.2 Å². The summed E-state index contributed by atoms with van der Waals surface area (Å²) in [7, 11) is 0. The molecule has 5 rings (SSSR count). The maximum Gasteiger partial charge on any atom is 0.216 e. The minimum Gasteiger partial charge on any atom is -0.475 e. The second kappa shape index (κ2) is 9.53. The molecule has 0 amide bonds. The van der Waals surface area contributed by atoms with E-state index < -0.39 is 0 Å². The summed E-state index contributed by atoms with van der Waals surface area (Å²) in [4.78, 5) is 9.85. The Hall–Kier alpha value is -1.84. The van der Waals surface area contributed by atoms with Crippen molar-refractivity contribution in [1.29, 1.82) is 0 Å². The van der Waals surface area contributed by atoms with Crippen LogP contribution < -0.4 is 0 Å². The van der Waals surface area contributed by atoms with E-state index in [1.54, 1.807) is 0 Å². The summed E-state index contributed by atoms with van der Waals surface area (Å²) in [6, 6.07) is 9.06. The van der Waals surface area contributed by atoms with Gasteiger partial charge in [-0.3, -0.25) is 0 Å². The molecule has 4 nitrogen and oxygen atoms in total. The molecule has 4 aliphatic rings. The first-order valence-electron chi connectivity index (χ1n) is 12.4. The van der Waals surface area contributed by atoms with E-state index in [0.717, 1.165) is 48.0 Å². The fourth-order valence-electron chi connectivity index (χ4n) is 5.79. The van der Waals surface area contributed by atoms with Gasteiger partial charge < -0.3 is 9.47 Å². The summed E-state index contributed by atoms with van der Waals surface area (Å²) in [6.45, 7) is 1.47. The average molecular weight is 409 g/mol. The Balaban J connectivity index is 1.22. The number of nitrogens with zero attached hydrogens (tertiary/aromatic N) is 2. The van der Waals surface area contributed by atoms with Gasteiger partial charge in [0.1, 0.15) is 13.2 Å². The zero-order valence-corrected chi connectivity index (χ0v) is 18.2. The van der Waals surface area contributed by atoms with E-state index in [4.69, 9.17) is 19.5 Å². The summed E-state index contributed by atoms with van der Waals surface area (Å²) < 4.78 is 12.0. The molecular weight excluding hydrogens is 372 g/mol. The highest BCUT2D eigenvalue weighted by atomic mass is 16.5. The molecular formula is C26H36N2O2. The molecule has 2 fully saturated rings. The lowest BCUT2D eigenvalue weighted by Crippen LogP contribution is -2.15. The van der Waals surface area contributed by atoms with Crippen LogP contribution in [0.2, 0.25) is 0 Å². The van der Waals surface area contributed by atoms with Crippen molar-refractivity contribution in [2.45, 2.75) is 89.1 Å². The molecule has 2 aliphatic carbocycles.